The topological polar surface area (TPSA) is 64.9 Å². The first-order valence-corrected chi connectivity index (χ1v) is 7.61. The molecule has 23 heavy (non-hydrogen) atoms. The third-order valence-corrected chi connectivity index (χ3v) is 3.54. The van der Waals surface area contributed by atoms with Crippen LogP contribution < -0.4 is 10.3 Å². The molecule has 0 atom stereocenters. The number of hydrazone groups is 1. The number of carboxylic acid groups (broad SMARTS) is 1. The molecular weight excluding hydrogens is 290 g/mol. The Balaban J connectivity index is 2.00. The van der Waals surface area contributed by atoms with Crippen LogP contribution in [0.4, 0.5) is 11.4 Å². The highest BCUT2D eigenvalue weighted by molar-refractivity contribution is 5.89. The number of carboxylic acids is 1. The highest BCUT2D eigenvalue weighted by atomic mass is 16.4. The number of benzene rings is 2. The van der Waals surface area contributed by atoms with E-state index >= 15 is 0 Å². The minimum absolute atomic E-state index is 0.230. The number of hydrogen-bond acceptors (Lipinski definition) is 4. The number of anilines is 2. The minimum Gasteiger partial charge on any atom is -0.478 e. The number of nitrogens with zero attached hydrogens (tertiary/aromatic N) is 2. The fraction of sp³-hybridized carbons (Fsp3) is 0.222. The van der Waals surface area contributed by atoms with Crippen molar-refractivity contribution in [2.45, 2.75) is 13.8 Å². The van der Waals surface area contributed by atoms with Gasteiger partial charge in [-0.1, -0.05) is 18.2 Å². The normalized spacial score (nSPS) is 10.7. The van der Waals surface area contributed by atoms with Gasteiger partial charge < -0.3 is 10.0 Å². The summed E-state index contributed by atoms with van der Waals surface area (Å²) in [6, 6.07) is 14.7. The van der Waals surface area contributed by atoms with E-state index in [0.717, 1.165) is 18.7 Å². The number of rotatable bonds is 7. The van der Waals surface area contributed by atoms with Gasteiger partial charge in [0.05, 0.1) is 17.5 Å². The highest BCUT2D eigenvalue weighted by Crippen LogP contribution is 2.14. The van der Waals surface area contributed by atoms with Crippen LogP contribution in [0.5, 0.6) is 0 Å². The van der Waals surface area contributed by atoms with Crippen molar-refractivity contribution in [1.29, 1.82) is 0 Å². The molecule has 2 aromatic carbocycles. The first kappa shape index (κ1) is 16.5. The maximum absolute atomic E-state index is 10.9. The first-order chi connectivity index (χ1) is 11.1. The average Bonchev–Trinajstić information content (AvgIpc) is 2.57. The molecule has 0 heterocycles. The zero-order valence-electron chi connectivity index (χ0n) is 13.4. The molecule has 5 nitrogen and oxygen atoms in total. The molecule has 0 bridgehead atoms. The summed E-state index contributed by atoms with van der Waals surface area (Å²) >= 11 is 0. The van der Waals surface area contributed by atoms with Crippen molar-refractivity contribution in [2.75, 3.05) is 23.4 Å². The number of aromatic carboxylic acids is 1. The SMILES string of the molecule is CCN(CC)c1ccc(/C=N\Nc2cccc(C(=O)O)c2)cc1. The molecule has 0 amide bonds. The molecule has 0 spiro atoms. The van der Waals surface area contributed by atoms with E-state index in [1.807, 2.05) is 12.1 Å². The van der Waals surface area contributed by atoms with Gasteiger partial charge in [-0.15, -0.1) is 0 Å². The predicted octanol–water partition coefficient (Wildman–Crippen LogP) is 3.68. The Kier molecular flexibility index (Phi) is 5.74. The van der Waals surface area contributed by atoms with Crippen LogP contribution in [-0.2, 0) is 0 Å². The summed E-state index contributed by atoms with van der Waals surface area (Å²) in [5.74, 6) is -0.954. The number of hydrogen-bond donors (Lipinski definition) is 2. The van der Waals surface area contributed by atoms with E-state index in [4.69, 9.17) is 5.11 Å². The molecule has 120 valence electrons. The van der Waals surface area contributed by atoms with Crippen molar-refractivity contribution in [3.05, 3.63) is 59.7 Å². The summed E-state index contributed by atoms with van der Waals surface area (Å²) in [5, 5.41) is 13.1. The number of carbonyl (C=O) groups is 1. The molecule has 0 saturated carbocycles. The highest BCUT2D eigenvalue weighted by Gasteiger charge is 2.02. The molecular formula is C18H21N3O2. The molecule has 5 heteroatoms. The fourth-order valence-corrected chi connectivity index (χ4v) is 2.26. The predicted molar refractivity (Wildman–Crippen MR) is 94.6 cm³/mol. The van der Waals surface area contributed by atoms with Crippen LogP contribution in [0.3, 0.4) is 0 Å². The third-order valence-electron chi connectivity index (χ3n) is 3.54. The van der Waals surface area contributed by atoms with Crippen molar-refractivity contribution in [2.24, 2.45) is 5.10 Å². The molecule has 2 rings (SSSR count). The van der Waals surface area contributed by atoms with E-state index in [9.17, 15) is 4.79 Å². The van der Waals surface area contributed by atoms with Gasteiger partial charge in [-0.05, 0) is 49.7 Å². The fourth-order valence-electron chi connectivity index (χ4n) is 2.26. The smallest absolute Gasteiger partial charge is 0.335 e. The van der Waals surface area contributed by atoms with Gasteiger partial charge in [-0.3, -0.25) is 5.43 Å². The van der Waals surface area contributed by atoms with Crippen molar-refractivity contribution < 1.29 is 9.90 Å². The van der Waals surface area contributed by atoms with Crippen LogP contribution in [0.1, 0.15) is 29.8 Å². The molecule has 0 unspecified atom stereocenters. The van der Waals surface area contributed by atoms with E-state index in [0.29, 0.717) is 5.69 Å². The van der Waals surface area contributed by atoms with Gasteiger partial charge >= 0.3 is 5.97 Å². The van der Waals surface area contributed by atoms with Crippen LogP contribution in [0.25, 0.3) is 0 Å². The molecule has 0 radical (unpaired) electrons. The van der Waals surface area contributed by atoms with Crippen LogP contribution in [-0.4, -0.2) is 30.4 Å². The lowest BCUT2D eigenvalue weighted by molar-refractivity contribution is 0.0697. The van der Waals surface area contributed by atoms with Crippen molar-refractivity contribution in [3.8, 4) is 0 Å². The Bertz CT molecular complexity index is 677. The lowest BCUT2D eigenvalue weighted by Crippen LogP contribution is -2.21. The van der Waals surface area contributed by atoms with Gasteiger partial charge in [-0.2, -0.15) is 5.10 Å². The standard InChI is InChI=1S/C18H21N3O2/c1-3-21(4-2)17-10-8-14(9-11-17)13-19-20-16-7-5-6-15(12-16)18(22)23/h5-13,20H,3-4H2,1-2H3,(H,22,23)/b19-13-. The summed E-state index contributed by atoms with van der Waals surface area (Å²) in [7, 11) is 0. The third kappa shape index (κ3) is 4.57. The Morgan fingerprint density at radius 2 is 1.87 bits per heavy atom. The average molecular weight is 311 g/mol. The number of nitrogens with one attached hydrogen (secondary N) is 1. The lowest BCUT2D eigenvalue weighted by atomic mass is 10.2. The zero-order chi connectivity index (χ0) is 16.7. The molecule has 2 N–H and O–H groups in total. The molecule has 0 aliphatic heterocycles. The summed E-state index contributed by atoms with van der Waals surface area (Å²) in [6.07, 6.45) is 1.71. The van der Waals surface area contributed by atoms with Gasteiger partial charge in [0.2, 0.25) is 0 Å². The van der Waals surface area contributed by atoms with E-state index in [1.165, 1.54) is 5.69 Å². The van der Waals surface area contributed by atoms with Gasteiger partial charge in [0.15, 0.2) is 0 Å². The van der Waals surface area contributed by atoms with E-state index < -0.39 is 5.97 Å². The van der Waals surface area contributed by atoms with Crippen molar-refractivity contribution in [1.82, 2.24) is 0 Å². The van der Waals surface area contributed by atoms with Crippen LogP contribution in [0.15, 0.2) is 53.6 Å². The van der Waals surface area contributed by atoms with Crippen LogP contribution in [0, 0.1) is 0 Å². The minimum atomic E-state index is -0.954. The second kappa shape index (κ2) is 7.98. The largest absolute Gasteiger partial charge is 0.478 e. The van der Waals surface area contributed by atoms with Gasteiger partial charge in [0.25, 0.3) is 0 Å². The summed E-state index contributed by atoms with van der Waals surface area (Å²) < 4.78 is 0. The van der Waals surface area contributed by atoms with E-state index in [2.05, 4.69) is 41.4 Å². The molecule has 0 aliphatic carbocycles. The monoisotopic (exact) mass is 311 g/mol. The van der Waals surface area contributed by atoms with Crippen molar-refractivity contribution >= 4 is 23.6 Å². The Morgan fingerprint density at radius 1 is 1.17 bits per heavy atom. The van der Waals surface area contributed by atoms with Crippen molar-refractivity contribution in [3.63, 3.8) is 0 Å². The Hall–Kier alpha value is -2.82. The maximum Gasteiger partial charge on any atom is 0.335 e. The Morgan fingerprint density at radius 3 is 2.48 bits per heavy atom. The summed E-state index contributed by atoms with van der Waals surface area (Å²) in [4.78, 5) is 13.2. The summed E-state index contributed by atoms with van der Waals surface area (Å²) in [5.41, 5.74) is 5.88. The summed E-state index contributed by atoms with van der Waals surface area (Å²) in [6.45, 7) is 6.22. The molecule has 0 aromatic heterocycles. The molecule has 0 saturated heterocycles. The van der Waals surface area contributed by atoms with Crippen LogP contribution >= 0.6 is 0 Å². The van der Waals surface area contributed by atoms with Crippen LogP contribution in [0.2, 0.25) is 0 Å². The molecule has 0 aliphatic rings. The van der Waals surface area contributed by atoms with E-state index in [1.54, 1.807) is 30.5 Å². The van der Waals surface area contributed by atoms with Gasteiger partial charge in [0.1, 0.15) is 0 Å². The molecule has 0 fully saturated rings. The van der Waals surface area contributed by atoms with Gasteiger partial charge in [0, 0.05) is 18.8 Å². The van der Waals surface area contributed by atoms with E-state index in [-0.39, 0.29) is 5.56 Å². The first-order valence-electron chi connectivity index (χ1n) is 7.61. The second-order valence-electron chi connectivity index (χ2n) is 5.02. The Labute approximate surface area is 136 Å². The quantitative estimate of drug-likeness (QED) is 0.605. The lowest BCUT2D eigenvalue weighted by Gasteiger charge is -2.20. The second-order valence-corrected chi connectivity index (χ2v) is 5.02. The maximum atomic E-state index is 10.9. The zero-order valence-corrected chi connectivity index (χ0v) is 13.4. The van der Waals surface area contributed by atoms with Gasteiger partial charge in [-0.25, -0.2) is 4.79 Å². The molecule has 2 aromatic rings.